The van der Waals surface area contributed by atoms with Crippen molar-refractivity contribution in [2.24, 2.45) is 5.92 Å². The Hall–Kier alpha value is -1.39. The number of imidazole rings is 1. The molecular weight excluding hydrogens is 240 g/mol. The summed E-state index contributed by atoms with van der Waals surface area (Å²) in [4.78, 5) is 4.63. The van der Waals surface area contributed by atoms with Gasteiger partial charge < -0.3 is 14.4 Å². The van der Waals surface area contributed by atoms with E-state index >= 15 is 0 Å². The monoisotopic (exact) mass is 260 g/mol. The number of nitrogens with zero attached hydrogens (tertiary/aromatic N) is 2. The average Bonchev–Trinajstić information content (AvgIpc) is 3.06. The number of para-hydroxylation sites is 2. The summed E-state index contributed by atoms with van der Waals surface area (Å²) < 4.78 is 7.51. The standard InChI is InChI=1S/C15H20N2O2/c1-2-15-16-12-5-3-4-6-13(12)17(15)9-14(18)11-7-8-19-10-11/h3-6,11,14,18H,2,7-10H2,1H3. The zero-order valence-electron chi connectivity index (χ0n) is 11.2. The lowest BCUT2D eigenvalue weighted by atomic mass is 10.0. The fraction of sp³-hybridized carbons (Fsp3) is 0.533. The van der Waals surface area contributed by atoms with Crippen molar-refractivity contribution in [1.29, 1.82) is 0 Å². The molecule has 1 aliphatic heterocycles. The zero-order chi connectivity index (χ0) is 13.2. The molecule has 0 saturated carbocycles. The maximum Gasteiger partial charge on any atom is 0.109 e. The smallest absolute Gasteiger partial charge is 0.109 e. The number of benzene rings is 1. The molecule has 4 heteroatoms. The molecule has 102 valence electrons. The summed E-state index contributed by atoms with van der Waals surface area (Å²) in [5.41, 5.74) is 2.12. The highest BCUT2D eigenvalue weighted by atomic mass is 16.5. The normalized spacial score (nSPS) is 21.1. The van der Waals surface area contributed by atoms with Crippen LogP contribution in [-0.4, -0.2) is 34.0 Å². The molecular formula is C15H20N2O2. The van der Waals surface area contributed by atoms with Crippen molar-refractivity contribution in [2.75, 3.05) is 13.2 Å². The van der Waals surface area contributed by atoms with Gasteiger partial charge in [0.15, 0.2) is 0 Å². The minimum Gasteiger partial charge on any atom is -0.391 e. The number of rotatable bonds is 4. The van der Waals surface area contributed by atoms with Crippen molar-refractivity contribution in [2.45, 2.75) is 32.4 Å². The highest BCUT2D eigenvalue weighted by Crippen LogP contribution is 2.22. The number of aromatic nitrogens is 2. The van der Waals surface area contributed by atoms with E-state index < -0.39 is 0 Å². The van der Waals surface area contributed by atoms with Crippen molar-refractivity contribution < 1.29 is 9.84 Å². The maximum atomic E-state index is 10.4. The summed E-state index contributed by atoms with van der Waals surface area (Å²) in [5, 5.41) is 10.4. The van der Waals surface area contributed by atoms with E-state index in [1.54, 1.807) is 0 Å². The molecule has 1 N–H and O–H groups in total. The Labute approximate surface area is 113 Å². The lowest BCUT2D eigenvalue weighted by molar-refractivity contribution is 0.0780. The molecule has 0 aliphatic carbocycles. The third kappa shape index (κ3) is 2.38. The predicted octanol–water partition coefficient (Wildman–Crippen LogP) is 2.00. The molecule has 1 aliphatic rings. The Morgan fingerprint density at radius 3 is 3.05 bits per heavy atom. The largest absolute Gasteiger partial charge is 0.391 e. The minimum atomic E-state index is -0.356. The van der Waals surface area contributed by atoms with Gasteiger partial charge in [-0.2, -0.15) is 0 Å². The number of ether oxygens (including phenoxy) is 1. The van der Waals surface area contributed by atoms with Crippen LogP contribution in [-0.2, 0) is 17.7 Å². The van der Waals surface area contributed by atoms with Gasteiger partial charge in [-0.05, 0) is 18.6 Å². The Kier molecular flexibility index (Phi) is 3.53. The lowest BCUT2D eigenvalue weighted by Crippen LogP contribution is -2.26. The Bertz CT molecular complexity index is 558. The second kappa shape index (κ2) is 5.31. The highest BCUT2D eigenvalue weighted by molar-refractivity contribution is 5.75. The summed E-state index contributed by atoms with van der Waals surface area (Å²) >= 11 is 0. The van der Waals surface area contributed by atoms with Crippen LogP contribution in [0.4, 0.5) is 0 Å². The molecule has 0 spiro atoms. The lowest BCUT2D eigenvalue weighted by Gasteiger charge is -2.18. The van der Waals surface area contributed by atoms with E-state index in [4.69, 9.17) is 4.74 Å². The summed E-state index contributed by atoms with van der Waals surface area (Å²) in [5.74, 6) is 1.30. The first-order valence-corrected chi connectivity index (χ1v) is 6.99. The fourth-order valence-electron chi connectivity index (χ4n) is 2.79. The number of hydrogen-bond acceptors (Lipinski definition) is 3. The van der Waals surface area contributed by atoms with E-state index in [0.717, 1.165) is 36.3 Å². The van der Waals surface area contributed by atoms with E-state index in [0.29, 0.717) is 13.2 Å². The molecule has 3 rings (SSSR count). The van der Waals surface area contributed by atoms with E-state index in [9.17, 15) is 5.11 Å². The first kappa shape index (κ1) is 12.6. The second-order valence-corrected chi connectivity index (χ2v) is 5.17. The fourth-order valence-corrected chi connectivity index (χ4v) is 2.79. The Morgan fingerprint density at radius 1 is 1.47 bits per heavy atom. The summed E-state index contributed by atoms with van der Waals surface area (Å²) in [6, 6.07) is 8.11. The quantitative estimate of drug-likeness (QED) is 0.914. The van der Waals surface area contributed by atoms with Gasteiger partial charge in [-0.3, -0.25) is 0 Å². The van der Waals surface area contributed by atoms with Crippen LogP contribution in [0.2, 0.25) is 0 Å². The molecule has 1 saturated heterocycles. The summed E-state index contributed by atoms with van der Waals surface area (Å²) in [6.45, 7) is 4.16. The van der Waals surface area contributed by atoms with Crippen molar-refractivity contribution in [3.8, 4) is 0 Å². The minimum absolute atomic E-state index is 0.255. The molecule has 2 heterocycles. The third-order valence-corrected chi connectivity index (χ3v) is 3.93. The molecule has 0 bridgehead atoms. The third-order valence-electron chi connectivity index (χ3n) is 3.93. The Morgan fingerprint density at radius 2 is 2.32 bits per heavy atom. The molecule has 1 aromatic carbocycles. The SMILES string of the molecule is CCc1nc2ccccc2n1CC(O)C1CCOC1. The second-order valence-electron chi connectivity index (χ2n) is 5.17. The first-order chi connectivity index (χ1) is 9.29. The van der Waals surface area contributed by atoms with Gasteiger partial charge in [0, 0.05) is 18.9 Å². The van der Waals surface area contributed by atoms with Gasteiger partial charge in [0.05, 0.1) is 30.3 Å². The number of fused-ring (bicyclic) bond motifs is 1. The molecule has 1 aromatic heterocycles. The van der Waals surface area contributed by atoms with Crippen LogP contribution >= 0.6 is 0 Å². The first-order valence-electron chi connectivity index (χ1n) is 6.99. The number of aliphatic hydroxyl groups is 1. The van der Waals surface area contributed by atoms with Crippen LogP contribution < -0.4 is 0 Å². The predicted molar refractivity (Wildman–Crippen MR) is 74.0 cm³/mol. The van der Waals surface area contributed by atoms with Crippen LogP contribution in [0.5, 0.6) is 0 Å². The number of hydrogen-bond donors (Lipinski definition) is 1. The van der Waals surface area contributed by atoms with E-state index in [1.165, 1.54) is 0 Å². The maximum absolute atomic E-state index is 10.4. The average molecular weight is 260 g/mol. The van der Waals surface area contributed by atoms with Crippen LogP contribution in [0.25, 0.3) is 11.0 Å². The molecule has 2 atom stereocenters. The van der Waals surface area contributed by atoms with E-state index in [2.05, 4.69) is 22.5 Å². The van der Waals surface area contributed by atoms with Crippen LogP contribution in [0.15, 0.2) is 24.3 Å². The van der Waals surface area contributed by atoms with Gasteiger partial charge in [0.25, 0.3) is 0 Å². The van der Waals surface area contributed by atoms with Gasteiger partial charge in [-0.25, -0.2) is 4.98 Å². The van der Waals surface area contributed by atoms with Gasteiger partial charge in [0.2, 0.25) is 0 Å². The van der Waals surface area contributed by atoms with Gasteiger partial charge in [-0.15, -0.1) is 0 Å². The molecule has 1 fully saturated rings. The van der Waals surface area contributed by atoms with Crippen molar-refractivity contribution in [3.63, 3.8) is 0 Å². The van der Waals surface area contributed by atoms with Gasteiger partial charge in [0.1, 0.15) is 5.82 Å². The molecule has 2 unspecified atom stereocenters. The van der Waals surface area contributed by atoms with E-state index in [-0.39, 0.29) is 12.0 Å². The van der Waals surface area contributed by atoms with Crippen LogP contribution in [0.1, 0.15) is 19.2 Å². The van der Waals surface area contributed by atoms with Crippen molar-refractivity contribution >= 4 is 11.0 Å². The zero-order valence-corrected chi connectivity index (χ0v) is 11.2. The molecule has 4 nitrogen and oxygen atoms in total. The van der Waals surface area contributed by atoms with Gasteiger partial charge in [-0.1, -0.05) is 19.1 Å². The molecule has 2 aromatic rings. The van der Waals surface area contributed by atoms with Crippen molar-refractivity contribution in [3.05, 3.63) is 30.1 Å². The number of aryl methyl sites for hydroxylation is 1. The molecule has 0 amide bonds. The Balaban J connectivity index is 1.90. The van der Waals surface area contributed by atoms with Crippen molar-refractivity contribution in [1.82, 2.24) is 9.55 Å². The molecule has 0 radical (unpaired) electrons. The summed E-state index contributed by atoms with van der Waals surface area (Å²) in [7, 11) is 0. The van der Waals surface area contributed by atoms with Crippen LogP contribution in [0.3, 0.4) is 0 Å². The van der Waals surface area contributed by atoms with Gasteiger partial charge >= 0.3 is 0 Å². The highest BCUT2D eigenvalue weighted by Gasteiger charge is 2.25. The molecule has 19 heavy (non-hydrogen) atoms. The number of aliphatic hydroxyl groups excluding tert-OH is 1. The van der Waals surface area contributed by atoms with E-state index in [1.807, 2.05) is 18.2 Å². The summed E-state index contributed by atoms with van der Waals surface area (Å²) in [6.07, 6.45) is 1.48. The van der Waals surface area contributed by atoms with Crippen LogP contribution in [0, 0.1) is 5.92 Å². The topological polar surface area (TPSA) is 47.3 Å².